The lowest BCUT2D eigenvalue weighted by Gasteiger charge is -2.21. The van der Waals surface area contributed by atoms with Crippen molar-refractivity contribution in [3.05, 3.63) is 29.7 Å². The molecule has 3 amide bonds. The van der Waals surface area contributed by atoms with Gasteiger partial charge >= 0.3 is 6.03 Å². The van der Waals surface area contributed by atoms with Gasteiger partial charge in [0.05, 0.1) is 5.56 Å². The smallest absolute Gasteiger partial charge is 0.319 e. The predicted molar refractivity (Wildman–Crippen MR) is 96.1 cm³/mol. The van der Waals surface area contributed by atoms with E-state index in [2.05, 4.69) is 15.5 Å². The molecule has 1 N–H and O–H groups in total. The van der Waals surface area contributed by atoms with Crippen molar-refractivity contribution in [1.82, 2.24) is 29.7 Å². The topological polar surface area (TPSA) is 82.8 Å². The summed E-state index contributed by atoms with van der Waals surface area (Å²) in [5.74, 6) is 1.52. The quantitative estimate of drug-likeness (QED) is 0.896. The van der Waals surface area contributed by atoms with E-state index in [1.165, 1.54) is 12.8 Å². The molecule has 1 aliphatic carbocycles. The summed E-state index contributed by atoms with van der Waals surface area (Å²) in [4.78, 5) is 27.9. The van der Waals surface area contributed by atoms with E-state index in [-0.39, 0.29) is 17.9 Å². The summed E-state index contributed by atoms with van der Waals surface area (Å²) in [6, 6.07) is 3.62. The summed E-state index contributed by atoms with van der Waals surface area (Å²) in [5, 5.41) is 11.5. The maximum atomic E-state index is 12.4. The number of carbonyl (C=O) groups is 2. The van der Waals surface area contributed by atoms with Gasteiger partial charge in [-0.2, -0.15) is 0 Å². The normalized spacial score (nSPS) is 19.8. The van der Waals surface area contributed by atoms with Crippen molar-refractivity contribution < 1.29 is 9.59 Å². The van der Waals surface area contributed by atoms with Crippen LogP contribution in [0.4, 0.5) is 4.79 Å². The number of aromatic nitrogens is 3. The van der Waals surface area contributed by atoms with Crippen LogP contribution in [0.1, 0.15) is 41.4 Å². The molecule has 0 unspecified atom stereocenters. The third kappa shape index (κ3) is 3.23. The zero-order chi connectivity index (χ0) is 18.3. The minimum absolute atomic E-state index is 0.0152. The van der Waals surface area contributed by atoms with E-state index in [0.29, 0.717) is 24.6 Å². The van der Waals surface area contributed by atoms with Crippen LogP contribution in [-0.4, -0.2) is 70.1 Å². The molecule has 2 fully saturated rings. The molecular formula is C18H24N6O2. The number of rotatable bonds is 4. The van der Waals surface area contributed by atoms with Gasteiger partial charge in [-0.3, -0.25) is 9.20 Å². The standard InChI is InChI=1S/C18H24N6O2/c1-22(2)18(26)23-8-7-13(10-23)16-21-20-15-6-5-14(11-24(15)16)17(25)19-9-12-3-4-12/h5-6,11-13H,3-4,7-10H2,1-2H3,(H,19,25)/t13-/m0/s1. The molecule has 1 atom stereocenters. The van der Waals surface area contributed by atoms with Gasteiger partial charge in [0.15, 0.2) is 5.65 Å². The van der Waals surface area contributed by atoms with Gasteiger partial charge < -0.3 is 15.1 Å². The summed E-state index contributed by atoms with van der Waals surface area (Å²) >= 11 is 0. The highest BCUT2D eigenvalue weighted by atomic mass is 16.2. The van der Waals surface area contributed by atoms with E-state index in [0.717, 1.165) is 24.4 Å². The second kappa shape index (κ2) is 6.59. The van der Waals surface area contributed by atoms with Gasteiger partial charge in [0.2, 0.25) is 0 Å². The molecular weight excluding hydrogens is 332 g/mol. The SMILES string of the molecule is CN(C)C(=O)N1CC[C@H](c2nnc3ccc(C(=O)NCC4CC4)cn23)C1. The van der Waals surface area contributed by atoms with E-state index in [9.17, 15) is 9.59 Å². The average Bonchev–Trinajstić information content (AvgIpc) is 3.17. The Labute approximate surface area is 152 Å². The van der Waals surface area contributed by atoms with Crippen molar-refractivity contribution in [2.45, 2.75) is 25.2 Å². The van der Waals surface area contributed by atoms with E-state index in [4.69, 9.17) is 0 Å². The average molecular weight is 356 g/mol. The molecule has 138 valence electrons. The number of pyridine rings is 1. The van der Waals surface area contributed by atoms with Crippen molar-refractivity contribution in [2.75, 3.05) is 33.7 Å². The molecule has 0 aromatic carbocycles. The van der Waals surface area contributed by atoms with Gasteiger partial charge in [0.25, 0.3) is 5.91 Å². The number of urea groups is 1. The van der Waals surface area contributed by atoms with Gasteiger partial charge in [0.1, 0.15) is 5.82 Å². The molecule has 0 radical (unpaired) electrons. The molecule has 8 nitrogen and oxygen atoms in total. The highest BCUT2D eigenvalue weighted by molar-refractivity contribution is 5.94. The molecule has 3 heterocycles. The summed E-state index contributed by atoms with van der Waals surface area (Å²) < 4.78 is 1.89. The van der Waals surface area contributed by atoms with Crippen LogP contribution < -0.4 is 5.32 Å². The maximum Gasteiger partial charge on any atom is 0.319 e. The Morgan fingerprint density at radius 1 is 1.23 bits per heavy atom. The number of likely N-dealkylation sites (tertiary alicyclic amines) is 1. The van der Waals surface area contributed by atoms with E-state index < -0.39 is 0 Å². The summed E-state index contributed by atoms with van der Waals surface area (Å²) in [6.45, 7) is 2.07. The van der Waals surface area contributed by atoms with Crippen molar-refractivity contribution in [1.29, 1.82) is 0 Å². The lowest BCUT2D eigenvalue weighted by Crippen LogP contribution is -2.37. The molecule has 2 aliphatic rings. The van der Waals surface area contributed by atoms with Crippen molar-refractivity contribution in [3.63, 3.8) is 0 Å². The first-order valence-electron chi connectivity index (χ1n) is 9.12. The summed E-state index contributed by atoms with van der Waals surface area (Å²) in [6.07, 6.45) is 5.07. The van der Waals surface area contributed by atoms with Gasteiger partial charge in [-0.15, -0.1) is 10.2 Å². The second-order valence-corrected chi connectivity index (χ2v) is 7.47. The molecule has 2 aromatic heterocycles. The zero-order valence-corrected chi connectivity index (χ0v) is 15.2. The Balaban J connectivity index is 1.53. The van der Waals surface area contributed by atoms with Crippen molar-refractivity contribution in [2.24, 2.45) is 5.92 Å². The van der Waals surface area contributed by atoms with Crippen molar-refractivity contribution in [3.8, 4) is 0 Å². The van der Waals surface area contributed by atoms with Gasteiger partial charge in [-0.25, -0.2) is 4.79 Å². The molecule has 2 aromatic rings. The van der Waals surface area contributed by atoms with Crippen LogP contribution in [-0.2, 0) is 0 Å². The third-order valence-electron chi connectivity index (χ3n) is 5.15. The molecule has 1 aliphatic heterocycles. The van der Waals surface area contributed by atoms with Crippen LogP contribution in [0.15, 0.2) is 18.3 Å². The fourth-order valence-corrected chi connectivity index (χ4v) is 3.41. The number of amides is 3. The molecule has 0 bridgehead atoms. The van der Waals surface area contributed by atoms with E-state index in [1.54, 1.807) is 25.1 Å². The van der Waals surface area contributed by atoms with Crippen LogP contribution in [0, 0.1) is 5.92 Å². The minimum Gasteiger partial charge on any atom is -0.352 e. The van der Waals surface area contributed by atoms with Crippen LogP contribution in [0.5, 0.6) is 0 Å². The van der Waals surface area contributed by atoms with E-state index in [1.807, 2.05) is 21.6 Å². The first-order valence-corrected chi connectivity index (χ1v) is 9.12. The lowest BCUT2D eigenvalue weighted by molar-refractivity contribution is 0.0951. The fourth-order valence-electron chi connectivity index (χ4n) is 3.41. The lowest BCUT2D eigenvalue weighted by atomic mass is 10.1. The van der Waals surface area contributed by atoms with Gasteiger partial charge in [-0.1, -0.05) is 0 Å². The van der Waals surface area contributed by atoms with Gasteiger partial charge in [-0.05, 0) is 37.3 Å². The first kappa shape index (κ1) is 16.8. The Morgan fingerprint density at radius 3 is 2.77 bits per heavy atom. The van der Waals surface area contributed by atoms with E-state index >= 15 is 0 Å². The molecule has 1 saturated carbocycles. The van der Waals surface area contributed by atoms with Crippen LogP contribution in [0.25, 0.3) is 5.65 Å². The number of fused-ring (bicyclic) bond motifs is 1. The molecule has 4 rings (SSSR count). The van der Waals surface area contributed by atoms with Crippen molar-refractivity contribution >= 4 is 17.6 Å². The van der Waals surface area contributed by atoms with Gasteiger partial charge in [0, 0.05) is 45.8 Å². The Morgan fingerprint density at radius 2 is 2.04 bits per heavy atom. The highest BCUT2D eigenvalue weighted by Gasteiger charge is 2.31. The third-order valence-corrected chi connectivity index (χ3v) is 5.15. The second-order valence-electron chi connectivity index (χ2n) is 7.47. The van der Waals surface area contributed by atoms with Crippen LogP contribution in [0.3, 0.4) is 0 Å². The number of carbonyl (C=O) groups excluding carboxylic acids is 2. The van der Waals surface area contributed by atoms with Crippen LogP contribution >= 0.6 is 0 Å². The molecule has 0 spiro atoms. The minimum atomic E-state index is -0.0608. The Hall–Kier alpha value is -2.64. The first-order chi connectivity index (χ1) is 12.5. The number of hydrogen-bond donors (Lipinski definition) is 1. The maximum absolute atomic E-state index is 12.4. The largest absolute Gasteiger partial charge is 0.352 e. The highest BCUT2D eigenvalue weighted by Crippen LogP contribution is 2.28. The number of nitrogens with one attached hydrogen (secondary N) is 1. The fraction of sp³-hybridized carbons (Fsp3) is 0.556. The monoisotopic (exact) mass is 356 g/mol. The molecule has 26 heavy (non-hydrogen) atoms. The van der Waals surface area contributed by atoms with Crippen LogP contribution in [0.2, 0.25) is 0 Å². The number of nitrogens with zero attached hydrogens (tertiary/aromatic N) is 5. The molecule has 1 saturated heterocycles. The predicted octanol–water partition coefficient (Wildman–Crippen LogP) is 1.34. The number of hydrogen-bond acceptors (Lipinski definition) is 4. The zero-order valence-electron chi connectivity index (χ0n) is 15.2. The summed E-state index contributed by atoms with van der Waals surface area (Å²) in [5.41, 5.74) is 1.33. The Kier molecular flexibility index (Phi) is 4.26. The molecule has 8 heteroatoms. The summed E-state index contributed by atoms with van der Waals surface area (Å²) in [7, 11) is 3.52. The Bertz CT molecular complexity index is 841.